The number of rotatable bonds is 5. The summed E-state index contributed by atoms with van der Waals surface area (Å²) in [7, 11) is 0. The van der Waals surface area contributed by atoms with Crippen molar-refractivity contribution in [3.63, 3.8) is 0 Å². The Labute approximate surface area is 180 Å². The predicted octanol–water partition coefficient (Wildman–Crippen LogP) is 3.09. The second-order valence-corrected chi connectivity index (χ2v) is 7.52. The van der Waals surface area contributed by atoms with Gasteiger partial charge >= 0.3 is 0 Å². The minimum atomic E-state index is -0.640. The van der Waals surface area contributed by atoms with Crippen LogP contribution in [0.15, 0.2) is 54.9 Å². The molecule has 2 aromatic heterocycles. The van der Waals surface area contributed by atoms with Crippen molar-refractivity contribution in [3.05, 3.63) is 94.1 Å². The average molecular weight is 411 g/mol. The SMILES string of the molecule is Cc1ncccc1C(=O)N(Cc1cccnc1C(N)=O)[C@@H]1CCc2ccc(C#N)cc21. The van der Waals surface area contributed by atoms with Crippen molar-refractivity contribution >= 4 is 11.8 Å². The number of aryl methyl sites for hydroxylation is 2. The number of pyridine rings is 2. The Morgan fingerprint density at radius 2 is 1.97 bits per heavy atom. The summed E-state index contributed by atoms with van der Waals surface area (Å²) in [6.07, 6.45) is 4.68. The molecule has 154 valence electrons. The monoisotopic (exact) mass is 411 g/mol. The Morgan fingerprint density at radius 1 is 1.19 bits per heavy atom. The molecule has 0 fully saturated rings. The molecule has 1 aliphatic carbocycles. The van der Waals surface area contributed by atoms with Gasteiger partial charge in [-0.05, 0) is 61.2 Å². The number of carbonyl (C=O) groups excluding carboxylic acids is 2. The lowest BCUT2D eigenvalue weighted by Gasteiger charge is -2.31. The highest BCUT2D eigenvalue weighted by Crippen LogP contribution is 2.38. The van der Waals surface area contributed by atoms with E-state index in [1.165, 1.54) is 6.20 Å². The third-order valence-corrected chi connectivity index (χ3v) is 5.66. The fraction of sp³-hybridized carbons (Fsp3) is 0.208. The zero-order valence-electron chi connectivity index (χ0n) is 17.1. The number of nitriles is 1. The molecule has 0 bridgehead atoms. The summed E-state index contributed by atoms with van der Waals surface area (Å²) >= 11 is 0. The topological polar surface area (TPSA) is 113 Å². The van der Waals surface area contributed by atoms with Gasteiger partial charge in [0.25, 0.3) is 11.8 Å². The third-order valence-electron chi connectivity index (χ3n) is 5.66. The van der Waals surface area contributed by atoms with Gasteiger partial charge in [0, 0.05) is 30.2 Å². The highest BCUT2D eigenvalue weighted by Gasteiger charge is 2.33. The number of fused-ring (bicyclic) bond motifs is 1. The first kappa shape index (κ1) is 20.2. The molecule has 2 heterocycles. The van der Waals surface area contributed by atoms with Crippen molar-refractivity contribution < 1.29 is 9.59 Å². The molecule has 0 unspecified atom stereocenters. The lowest BCUT2D eigenvalue weighted by atomic mass is 10.0. The summed E-state index contributed by atoms with van der Waals surface area (Å²) in [5, 5.41) is 9.35. The lowest BCUT2D eigenvalue weighted by Crippen LogP contribution is -2.35. The highest BCUT2D eigenvalue weighted by atomic mass is 16.2. The summed E-state index contributed by atoms with van der Waals surface area (Å²) < 4.78 is 0. The maximum atomic E-state index is 13.7. The fourth-order valence-corrected chi connectivity index (χ4v) is 4.13. The van der Waals surface area contributed by atoms with Crippen LogP contribution in [0.3, 0.4) is 0 Å². The van der Waals surface area contributed by atoms with Crippen LogP contribution < -0.4 is 5.73 Å². The van der Waals surface area contributed by atoms with E-state index in [2.05, 4.69) is 16.0 Å². The van der Waals surface area contributed by atoms with Crippen LogP contribution in [0.25, 0.3) is 0 Å². The third kappa shape index (κ3) is 3.88. The Bertz CT molecular complexity index is 1210. The average Bonchev–Trinajstić information content (AvgIpc) is 3.20. The molecule has 2 N–H and O–H groups in total. The van der Waals surface area contributed by atoms with Gasteiger partial charge in [-0.2, -0.15) is 5.26 Å². The zero-order chi connectivity index (χ0) is 22.0. The van der Waals surface area contributed by atoms with Crippen molar-refractivity contribution in [2.75, 3.05) is 0 Å². The number of primary amides is 1. The summed E-state index contributed by atoms with van der Waals surface area (Å²) in [6, 6.07) is 14.5. The Balaban J connectivity index is 1.80. The number of aromatic nitrogens is 2. The van der Waals surface area contributed by atoms with Crippen molar-refractivity contribution in [1.82, 2.24) is 14.9 Å². The van der Waals surface area contributed by atoms with Gasteiger partial charge < -0.3 is 10.6 Å². The molecule has 2 amide bonds. The van der Waals surface area contributed by atoms with Gasteiger partial charge in [-0.15, -0.1) is 0 Å². The minimum Gasteiger partial charge on any atom is -0.364 e. The molecule has 7 nitrogen and oxygen atoms in total. The van der Waals surface area contributed by atoms with Crippen LogP contribution in [0.4, 0.5) is 0 Å². The molecular weight excluding hydrogens is 390 g/mol. The maximum absolute atomic E-state index is 13.7. The Hall–Kier alpha value is -4.05. The van der Waals surface area contributed by atoms with E-state index < -0.39 is 5.91 Å². The second kappa shape index (κ2) is 8.36. The Morgan fingerprint density at radius 3 is 2.71 bits per heavy atom. The predicted molar refractivity (Wildman–Crippen MR) is 114 cm³/mol. The molecule has 3 aromatic rings. The van der Waals surface area contributed by atoms with Gasteiger partial charge in [-0.25, -0.2) is 0 Å². The van der Waals surface area contributed by atoms with Crippen LogP contribution in [0.1, 0.15) is 61.3 Å². The molecule has 1 atom stereocenters. The molecule has 0 radical (unpaired) electrons. The van der Waals surface area contributed by atoms with E-state index in [-0.39, 0.29) is 24.2 Å². The molecule has 0 aliphatic heterocycles. The summed E-state index contributed by atoms with van der Waals surface area (Å²) in [6.45, 7) is 1.96. The number of amides is 2. The summed E-state index contributed by atoms with van der Waals surface area (Å²) in [5.41, 5.74) is 9.99. The molecule has 7 heteroatoms. The zero-order valence-corrected chi connectivity index (χ0v) is 17.1. The maximum Gasteiger partial charge on any atom is 0.267 e. The van der Waals surface area contributed by atoms with Crippen molar-refractivity contribution in [2.24, 2.45) is 5.73 Å². The van der Waals surface area contributed by atoms with E-state index in [1.54, 1.807) is 48.4 Å². The van der Waals surface area contributed by atoms with Crippen LogP contribution in [0.5, 0.6) is 0 Å². The number of hydrogen-bond donors (Lipinski definition) is 1. The lowest BCUT2D eigenvalue weighted by molar-refractivity contribution is 0.0654. The van der Waals surface area contributed by atoms with E-state index in [9.17, 15) is 14.9 Å². The molecule has 0 saturated heterocycles. The van der Waals surface area contributed by atoms with Gasteiger partial charge in [0.05, 0.1) is 23.2 Å². The van der Waals surface area contributed by atoms with Gasteiger partial charge in [0.15, 0.2) is 0 Å². The number of benzene rings is 1. The van der Waals surface area contributed by atoms with Crippen LogP contribution in [0.2, 0.25) is 0 Å². The smallest absolute Gasteiger partial charge is 0.267 e. The highest BCUT2D eigenvalue weighted by molar-refractivity contribution is 5.96. The quantitative estimate of drug-likeness (QED) is 0.693. The first-order chi connectivity index (χ1) is 15.0. The van der Waals surface area contributed by atoms with Crippen LogP contribution >= 0.6 is 0 Å². The summed E-state index contributed by atoms with van der Waals surface area (Å²) in [5.74, 6) is -0.829. The fourth-order valence-electron chi connectivity index (χ4n) is 4.13. The van der Waals surface area contributed by atoms with Crippen LogP contribution in [-0.4, -0.2) is 26.7 Å². The van der Waals surface area contributed by atoms with Gasteiger partial charge in [0.2, 0.25) is 0 Å². The standard InChI is InChI=1S/C24H21N5O2/c1-15-19(5-3-10-27-15)24(31)29(14-18-4-2-11-28-22(18)23(26)30)21-9-8-17-7-6-16(13-25)12-20(17)21/h2-7,10-12,21H,8-9,14H2,1H3,(H2,26,30)/t21-/m1/s1. The van der Waals surface area contributed by atoms with E-state index in [0.717, 1.165) is 24.0 Å². The Kier molecular flexibility index (Phi) is 5.46. The van der Waals surface area contributed by atoms with Crippen molar-refractivity contribution in [3.8, 4) is 6.07 Å². The van der Waals surface area contributed by atoms with Gasteiger partial charge in [0.1, 0.15) is 5.69 Å². The van der Waals surface area contributed by atoms with E-state index in [0.29, 0.717) is 22.4 Å². The first-order valence-corrected chi connectivity index (χ1v) is 9.98. The summed E-state index contributed by atoms with van der Waals surface area (Å²) in [4.78, 5) is 35.7. The van der Waals surface area contributed by atoms with Gasteiger partial charge in [-0.1, -0.05) is 12.1 Å². The molecule has 31 heavy (non-hydrogen) atoms. The number of hydrogen-bond acceptors (Lipinski definition) is 5. The number of carbonyl (C=O) groups is 2. The second-order valence-electron chi connectivity index (χ2n) is 7.52. The molecule has 4 rings (SSSR count). The largest absolute Gasteiger partial charge is 0.364 e. The minimum absolute atomic E-state index is 0.146. The molecular formula is C24H21N5O2. The normalized spacial score (nSPS) is 14.5. The van der Waals surface area contributed by atoms with Crippen molar-refractivity contribution in [2.45, 2.75) is 32.4 Å². The molecule has 0 spiro atoms. The first-order valence-electron chi connectivity index (χ1n) is 9.98. The van der Waals surface area contributed by atoms with Crippen LogP contribution in [0, 0.1) is 18.3 Å². The van der Waals surface area contributed by atoms with Crippen LogP contribution in [-0.2, 0) is 13.0 Å². The van der Waals surface area contributed by atoms with E-state index in [1.807, 2.05) is 12.1 Å². The molecule has 1 aromatic carbocycles. The molecule has 1 aliphatic rings. The van der Waals surface area contributed by atoms with E-state index in [4.69, 9.17) is 5.73 Å². The van der Waals surface area contributed by atoms with Gasteiger partial charge in [-0.3, -0.25) is 19.6 Å². The molecule has 0 saturated carbocycles. The van der Waals surface area contributed by atoms with E-state index >= 15 is 0 Å². The number of nitrogens with two attached hydrogens (primary N) is 1. The number of nitrogens with zero attached hydrogens (tertiary/aromatic N) is 4. The van der Waals surface area contributed by atoms with Crippen molar-refractivity contribution in [1.29, 1.82) is 5.26 Å².